The number of rotatable bonds is 9. The number of halogens is 1. The van der Waals surface area contributed by atoms with Crippen molar-refractivity contribution in [2.24, 2.45) is 0 Å². The van der Waals surface area contributed by atoms with Crippen LogP contribution in [0.1, 0.15) is 31.4 Å². The van der Waals surface area contributed by atoms with Crippen LogP contribution in [0.25, 0.3) is 11.2 Å². The first-order valence-electron chi connectivity index (χ1n) is 10.8. The topological polar surface area (TPSA) is 114 Å². The number of aromatic nitrogens is 4. The first kappa shape index (κ1) is 22.8. The number of nitrogens with zero attached hydrogens (tertiary/aromatic N) is 4. The molecule has 0 saturated carbocycles. The standard InChI is InChI=1S/C24H28ClN7O/c1-24(2,33)11-12-27-23-30-21(28-13-17-9-6-10-18(25)19(17)26)20-22(31-23)32(15-29-20)14-16-7-4-3-5-8-16/h3-10,15,33H,11-14,26H2,1-2H3,(H2,27,28,30,31). The number of nitrogens with two attached hydrogens (primary N) is 1. The van der Waals surface area contributed by atoms with Crippen LogP contribution in [-0.2, 0) is 13.1 Å². The van der Waals surface area contributed by atoms with Crippen LogP contribution in [0.3, 0.4) is 0 Å². The fourth-order valence-electron chi connectivity index (χ4n) is 3.44. The largest absolute Gasteiger partial charge is 0.397 e. The molecule has 4 rings (SSSR count). The van der Waals surface area contributed by atoms with Gasteiger partial charge in [0.2, 0.25) is 5.95 Å². The minimum absolute atomic E-state index is 0.438. The van der Waals surface area contributed by atoms with Crippen LogP contribution in [0.4, 0.5) is 17.5 Å². The molecule has 0 aliphatic heterocycles. The van der Waals surface area contributed by atoms with Gasteiger partial charge in [-0.15, -0.1) is 0 Å². The second kappa shape index (κ2) is 9.64. The van der Waals surface area contributed by atoms with Gasteiger partial charge < -0.3 is 26.0 Å². The zero-order valence-corrected chi connectivity index (χ0v) is 19.5. The Labute approximate surface area is 197 Å². The number of hydrogen-bond acceptors (Lipinski definition) is 7. The maximum Gasteiger partial charge on any atom is 0.226 e. The van der Waals surface area contributed by atoms with Gasteiger partial charge in [-0.3, -0.25) is 0 Å². The van der Waals surface area contributed by atoms with E-state index < -0.39 is 5.60 Å². The Kier molecular flexibility index (Phi) is 6.67. The van der Waals surface area contributed by atoms with E-state index in [1.54, 1.807) is 26.2 Å². The summed E-state index contributed by atoms with van der Waals surface area (Å²) in [6.07, 6.45) is 2.32. The zero-order chi connectivity index (χ0) is 23.4. The van der Waals surface area contributed by atoms with Crippen molar-refractivity contribution >= 4 is 40.2 Å². The van der Waals surface area contributed by atoms with E-state index in [9.17, 15) is 5.11 Å². The first-order chi connectivity index (χ1) is 15.8. The molecule has 0 radical (unpaired) electrons. The van der Waals surface area contributed by atoms with E-state index >= 15 is 0 Å². The number of imidazole rings is 1. The highest BCUT2D eigenvalue weighted by atomic mass is 35.5. The Balaban J connectivity index is 1.65. The van der Waals surface area contributed by atoms with E-state index in [2.05, 4.69) is 32.7 Å². The summed E-state index contributed by atoms with van der Waals surface area (Å²) in [5.41, 5.74) is 9.27. The van der Waals surface area contributed by atoms with E-state index in [0.717, 1.165) is 11.1 Å². The second-order valence-corrected chi connectivity index (χ2v) is 8.99. The van der Waals surface area contributed by atoms with Gasteiger partial charge in [-0.1, -0.05) is 54.1 Å². The molecular weight excluding hydrogens is 438 g/mol. The summed E-state index contributed by atoms with van der Waals surface area (Å²) in [6, 6.07) is 15.7. The Morgan fingerprint density at radius 3 is 2.61 bits per heavy atom. The lowest BCUT2D eigenvalue weighted by atomic mass is 10.1. The molecule has 2 aromatic heterocycles. The van der Waals surface area contributed by atoms with Gasteiger partial charge in [0.15, 0.2) is 17.0 Å². The van der Waals surface area contributed by atoms with Crippen LogP contribution >= 0.6 is 11.6 Å². The van der Waals surface area contributed by atoms with Gasteiger partial charge in [0, 0.05) is 13.1 Å². The van der Waals surface area contributed by atoms with Gasteiger partial charge in [0.05, 0.1) is 29.2 Å². The van der Waals surface area contributed by atoms with Crippen molar-refractivity contribution in [1.29, 1.82) is 0 Å². The van der Waals surface area contributed by atoms with Crippen molar-refractivity contribution in [2.75, 3.05) is 22.9 Å². The summed E-state index contributed by atoms with van der Waals surface area (Å²) in [4.78, 5) is 13.9. The molecular formula is C24H28ClN7O. The highest BCUT2D eigenvalue weighted by molar-refractivity contribution is 6.33. The van der Waals surface area contributed by atoms with E-state index in [1.807, 2.05) is 34.9 Å². The minimum atomic E-state index is -0.780. The number of para-hydroxylation sites is 1. The predicted molar refractivity (Wildman–Crippen MR) is 133 cm³/mol. The van der Waals surface area contributed by atoms with E-state index in [4.69, 9.17) is 22.3 Å². The van der Waals surface area contributed by atoms with Crippen LogP contribution in [0.2, 0.25) is 5.02 Å². The summed E-state index contributed by atoms with van der Waals surface area (Å²) in [7, 11) is 0. The quantitative estimate of drug-likeness (QED) is 0.272. The lowest BCUT2D eigenvalue weighted by molar-refractivity contribution is 0.0748. The number of nitrogen functional groups attached to an aromatic ring is 1. The van der Waals surface area contributed by atoms with Crippen LogP contribution < -0.4 is 16.4 Å². The van der Waals surface area contributed by atoms with Gasteiger partial charge in [-0.05, 0) is 37.5 Å². The molecule has 172 valence electrons. The fourth-order valence-corrected chi connectivity index (χ4v) is 3.63. The smallest absolute Gasteiger partial charge is 0.226 e. The highest BCUT2D eigenvalue weighted by Crippen LogP contribution is 2.26. The van der Waals surface area contributed by atoms with Crippen LogP contribution in [0, 0.1) is 0 Å². The first-order valence-corrected chi connectivity index (χ1v) is 11.2. The molecule has 0 spiro atoms. The van der Waals surface area contributed by atoms with E-state index in [-0.39, 0.29) is 0 Å². The van der Waals surface area contributed by atoms with E-state index in [1.165, 1.54) is 0 Å². The summed E-state index contributed by atoms with van der Waals surface area (Å²) in [5, 5.41) is 17.1. The molecule has 0 saturated heterocycles. The van der Waals surface area contributed by atoms with Crippen LogP contribution in [0.5, 0.6) is 0 Å². The maximum atomic E-state index is 10.0. The lowest BCUT2D eigenvalue weighted by Crippen LogP contribution is -2.23. The molecule has 0 amide bonds. The van der Waals surface area contributed by atoms with E-state index in [0.29, 0.717) is 59.7 Å². The van der Waals surface area contributed by atoms with Crippen LogP contribution in [-0.4, -0.2) is 36.8 Å². The van der Waals surface area contributed by atoms with Crippen molar-refractivity contribution in [3.8, 4) is 0 Å². The molecule has 0 atom stereocenters. The molecule has 0 aliphatic rings. The maximum absolute atomic E-state index is 10.0. The van der Waals surface area contributed by atoms with Crippen molar-refractivity contribution in [3.05, 3.63) is 71.0 Å². The molecule has 0 aliphatic carbocycles. The Morgan fingerprint density at radius 1 is 1.06 bits per heavy atom. The van der Waals surface area contributed by atoms with Crippen molar-refractivity contribution in [3.63, 3.8) is 0 Å². The van der Waals surface area contributed by atoms with Crippen molar-refractivity contribution in [1.82, 2.24) is 19.5 Å². The molecule has 4 aromatic rings. The summed E-state index contributed by atoms with van der Waals surface area (Å²) in [5.74, 6) is 1.06. The Morgan fingerprint density at radius 2 is 1.85 bits per heavy atom. The molecule has 0 unspecified atom stereocenters. The summed E-state index contributed by atoms with van der Waals surface area (Å²) >= 11 is 6.17. The number of hydrogen-bond donors (Lipinski definition) is 4. The normalized spacial score (nSPS) is 11.6. The molecule has 0 fully saturated rings. The zero-order valence-electron chi connectivity index (χ0n) is 18.7. The third-order valence-electron chi connectivity index (χ3n) is 5.27. The second-order valence-electron chi connectivity index (χ2n) is 8.58. The Hall–Kier alpha value is -3.36. The van der Waals surface area contributed by atoms with Gasteiger partial charge >= 0.3 is 0 Å². The third kappa shape index (κ3) is 5.71. The molecule has 33 heavy (non-hydrogen) atoms. The molecule has 2 heterocycles. The van der Waals surface area contributed by atoms with Crippen molar-refractivity contribution < 1.29 is 5.11 Å². The highest BCUT2D eigenvalue weighted by Gasteiger charge is 2.16. The van der Waals surface area contributed by atoms with Gasteiger partial charge in [-0.25, -0.2) is 4.98 Å². The van der Waals surface area contributed by atoms with Gasteiger partial charge in [-0.2, -0.15) is 9.97 Å². The number of fused-ring (bicyclic) bond motifs is 1. The third-order valence-corrected chi connectivity index (χ3v) is 5.60. The molecule has 8 nitrogen and oxygen atoms in total. The Bertz CT molecular complexity index is 1240. The average Bonchev–Trinajstić information content (AvgIpc) is 3.17. The predicted octanol–water partition coefficient (Wildman–Crippen LogP) is 4.30. The number of aliphatic hydroxyl groups is 1. The van der Waals surface area contributed by atoms with Crippen molar-refractivity contribution in [2.45, 2.75) is 39.0 Å². The van der Waals surface area contributed by atoms with Gasteiger partial charge in [0.25, 0.3) is 0 Å². The number of anilines is 3. The number of nitrogens with one attached hydrogen (secondary N) is 2. The molecule has 0 bridgehead atoms. The molecule has 2 aromatic carbocycles. The lowest BCUT2D eigenvalue weighted by Gasteiger charge is -2.17. The SMILES string of the molecule is CC(C)(O)CCNc1nc(NCc2cccc(Cl)c2N)c2ncn(Cc3ccccc3)c2n1. The summed E-state index contributed by atoms with van der Waals surface area (Å²) in [6.45, 7) is 5.15. The molecule has 5 N–H and O–H groups in total. The fraction of sp³-hybridized carbons (Fsp3) is 0.292. The average molecular weight is 466 g/mol. The van der Waals surface area contributed by atoms with Gasteiger partial charge in [0.1, 0.15) is 0 Å². The number of benzene rings is 2. The monoisotopic (exact) mass is 465 g/mol. The molecule has 9 heteroatoms. The van der Waals surface area contributed by atoms with Crippen LogP contribution in [0.15, 0.2) is 54.9 Å². The summed E-state index contributed by atoms with van der Waals surface area (Å²) < 4.78 is 1.99. The minimum Gasteiger partial charge on any atom is -0.397 e.